The van der Waals surface area contributed by atoms with Crippen molar-refractivity contribution in [2.75, 3.05) is 12.9 Å². The molecule has 1 aromatic heterocycles. The molecule has 4 aromatic rings. The van der Waals surface area contributed by atoms with E-state index in [1.165, 1.54) is 17.3 Å². The minimum atomic E-state index is -0.247. The van der Waals surface area contributed by atoms with Crippen molar-refractivity contribution in [1.29, 1.82) is 0 Å². The lowest BCUT2D eigenvalue weighted by Gasteiger charge is -2.19. The number of carbonyl (C=O) groups is 1. The van der Waals surface area contributed by atoms with Gasteiger partial charge in [-0.1, -0.05) is 80.5 Å². The van der Waals surface area contributed by atoms with E-state index in [1.54, 1.807) is 19.2 Å². The molecule has 0 saturated carbocycles. The zero-order chi connectivity index (χ0) is 27.3. The fraction of sp³-hybridized carbons (Fsp3) is 0.241. The predicted molar refractivity (Wildman–Crippen MR) is 155 cm³/mol. The van der Waals surface area contributed by atoms with Gasteiger partial charge in [-0.2, -0.15) is 5.10 Å². The molecule has 0 aliphatic rings. The highest BCUT2D eigenvalue weighted by atomic mass is 35.5. The summed E-state index contributed by atoms with van der Waals surface area (Å²) in [6.45, 7) is 8.38. The smallest absolute Gasteiger partial charge is 0.250 e. The Morgan fingerprint density at radius 3 is 2.26 bits per heavy atom. The highest BCUT2D eigenvalue weighted by molar-refractivity contribution is 7.99. The van der Waals surface area contributed by atoms with Crippen molar-refractivity contribution in [2.24, 2.45) is 5.10 Å². The summed E-state index contributed by atoms with van der Waals surface area (Å²) in [6, 6.07) is 23.3. The van der Waals surface area contributed by atoms with E-state index < -0.39 is 0 Å². The third kappa shape index (κ3) is 6.62. The van der Waals surface area contributed by atoms with Gasteiger partial charge < -0.3 is 4.74 Å². The number of hydrogen-bond acceptors (Lipinski definition) is 6. The summed E-state index contributed by atoms with van der Waals surface area (Å²) >= 11 is 7.24. The van der Waals surface area contributed by atoms with Crippen LogP contribution < -0.4 is 10.2 Å². The lowest BCUT2D eigenvalue weighted by atomic mass is 9.87. The molecule has 0 unspecified atom stereocenters. The van der Waals surface area contributed by atoms with E-state index in [9.17, 15) is 4.79 Å². The van der Waals surface area contributed by atoms with Crippen LogP contribution in [0, 0.1) is 0 Å². The first kappa shape index (κ1) is 27.4. The van der Waals surface area contributed by atoms with E-state index in [2.05, 4.69) is 65.8 Å². The number of hydrazone groups is 1. The number of hydrogen-bond donors (Lipinski definition) is 1. The van der Waals surface area contributed by atoms with E-state index in [4.69, 9.17) is 16.3 Å². The Morgan fingerprint density at radius 2 is 1.66 bits per heavy atom. The van der Waals surface area contributed by atoms with Gasteiger partial charge in [-0.3, -0.25) is 9.36 Å². The quantitative estimate of drug-likeness (QED) is 0.154. The zero-order valence-electron chi connectivity index (χ0n) is 22.0. The Hall–Kier alpha value is -3.62. The lowest BCUT2D eigenvalue weighted by molar-refractivity contribution is -0.118. The molecule has 0 atom stereocenters. The summed E-state index contributed by atoms with van der Waals surface area (Å²) in [6.07, 6.45) is 0. The minimum absolute atomic E-state index is 0.0466. The summed E-state index contributed by atoms with van der Waals surface area (Å²) in [4.78, 5) is 12.6. The molecule has 0 aliphatic carbocycles. The van der Waals surface area contributed by atoms with Crippen molar-refractivity contribution in [3.63, 3.8) is 0 Å². The van der Waals surface area contributed by atoms with Gasteiger partial charge in [0.05, 0.1) is 18.6 Å². The number of ether oxygens (including phenoxy) is 1. The van der Waals surface area contributed by atoms with Gasteiger partial charge in [-0.05, 0) is 59.9 Å². The largest absolute Gasteiger partial charge is 0.497 e. The summed E-state index contributed by atoms with van der Waals surface area (Å²) in [5.74, 6) is 1.31. The number of thioether (sulfide) groups is 1. The number of rotatable bonds is 8. The summed E-state index contributed by atoms with van der Waals surface area (Å²) < 4.78 is 7.27. The second-order valence-corrected chi connectivity index (χ2v) is 11.1. The second kappa shape index (κ2) is 11.8. The van der Waals surface area contributed by atoms with Crippen LogP contribution in [-0.4, -0.2) is 39.2 Å². The van der Waals surface area contributed by atoms with E-state index in [-0.39, 0.29) is 17.1 Å². The Bertz CT molecular complexity index is 1420. The van der Waals surface area contributed by atoms with Crippen molar-refractivity contribution in [2.45, 2.75) is 38.3 Å². The number of benzene rings is 3. The highest BCUT2D eigenvalue weighted by Crippen LogP contribution is 2.30. The van der Waals surface area contributed by atoms with Crippen LogP contribution in [0.3, 0.4) is 0 Å². The number of carbonyl (C=O) groups excluding carboxylic acids is 1. The summed E-state index contributed by atoms with van der Waals surface area (Å²) in [5, 5.41) is 14.4. The van der Waals surface area contributed by atoms with Gasteiger partial charge in [0.2, 0.25) is 0 Å². The highest BCUT2D eigenvalue weighted by Gasteiger charge is 2.19. The molecule has 38 heavy (non-hydrogen) atoms. The Balaban J connectivity index is 1.56. The third-order valence-electron chi connectivity index (χ3n) is 5.92. The SMILES string of the molecule is COc1ccc(-n2c(SCC(=O)N/N=C(\C)c3ccc(Cl)cc3)nnc2-c2ccc(C(C)(C)C)cc2)cc1. The molecule has 0 radical (unpaired) electrons. The Morgan fingerprint density at radius 1 is 1.00 bits per heavy atom. The maximum Gasteiger partial charge on any atom is 0.250 e. The van der Waals surface area contributed by atoms with Gasteiger partial charge in [0.15, 0.2) is 11.0 Å². The molecule has 4 rings (SSSR count). The molecule has 0 bridgehead atoms. The standard InChI is InChI=1S/C29H30ClN5O2S/c1-19(20-8-12-23(30)13-9-20)31-32-26(36)18-38-28-34-33-27(21-6-10-22(11-7-21)29(2,3)4)35(28)24-14-16-25(37-5)17-15-24/h6-17H,18H2,1-5H3,(H,32,36)/b31-19+. The maximum absolute atomic E-state index is 12.6. The molecule has 9 heteroatoms. The fourth-order valence-corrected chi connectivity index (χ4v) is 4.57. The molecular formula is C29H30ClN5O2S. The van der Waals surface area contributed by atoms with Gasteiger partial charge in [0, 0.05) is 16.3 Å². The molecule has 3 aromatic carbocycles. The summed E-state index contributed by atoms with van der Waals surface area (Å²) in [7, 11) is 1.63. The molecular weight excluding hydrogens is 518 g/mol. The fourth-order valence-electron chi connectivity index (χ4n) is 3.70. The minimum Gasteiger partial charge on any atom is -0.497 e. The van der Waals surface area contributed by atoms with Crippen LogP contribution >= 0.6 is 23.4 Å². The number of nitrogens with zero attached hydrogens (tertiary/aromatic N) is 4. The van der Waals surface area contributed by atoms with E-state index >= 15 is 0 Å². The molecule has 1 N–H and O–H groups in total. The zero-order valence-corrected chi connectivity index (χ0v) is 23.6. The van der Waals surface area contributed by atoms with Gasteiger partial charge in [-0.25, -0.2) is 5.43 Å². The molecule has 1 heterocycles. The number of aromatic nitrogens is 3. The molecule has 1 amide bonds. The van der Waals surface area contributed by atoms with E-state index in [0.29, 0.717) is 21.7 Å². The Labute approximate surface area is 232 Å². The first-order valence-corrected chi connectivity index (χ1v) is 13.4. The number of nitrogens with one attached hydrogen (secondary N) is 1. The molecule has 0 fully saturated rings. The average molecular weight is 548 g/mol. The molecule has 0 aliphatic heterocycles. The summed E-state index contributed by atoms with van der Waals surface area (Å²) in [5.41, 5.74) is 7.26. The maximum atomic E-state index is 12.6. The van der Waals surface area contributed by atoms with E-state index in [1.807, 2.05) is 47.9 Å². The van der Waals surface area contributed by atoms with E-state index in [0.717, 1.165) is 22.6 Å². The molecule has 7 nitrogen and oxygen atoms in total. The van der Waals surface area contributed by atoms with Gasteiger partial charge in [0.1, 0.15) is 5.75 Å². The molecule has 0 saturated heterocycles. The average Bonchev–Trinajstić information content (AvgIpc) is 3.34. The van der Waals surface area contributed by atoms with Crippen molar-refractivity contribution in [3.8, 4) is 22.8 Å². The topological polar surface area (TPSA) is 81.4 Å². The number of halogens is 1. The van der Waals surface area contributed by atoms with Crippen molar-refractivity contribution >= 4 is 35.0 Å². The van der Waals surface area contributed by atoms with Crippen molar-refractivity contribution in [1.82, 2.24) is 20.2 Å². The van der Waals surface area contributed by atoms with Crippen LogP contribution in [0.1, 0.15) is 38.8 Å². The van der Waals surface area contributed by atoms with Crippen molar-refractivity contribution in [3.05, 3.63) is 88.9 Å². The van der Waals surface area contributed by atoms with Crippen LogP contribution in [0.15, 0.2) is 83.1 Å². The van der Waals surface area contributed by atoms with Gasteiger partial charge in [0.25, 0.3) is 5.91 Å². The molecule has 196 valence electrons. The number of methoxy groups -OCH3 is 1. The van der Waals surface area contributed by atoms with Crippen LogP contribution in [0.4, 0.5) is 0 Å². The van der Waals surface area contributed by atoms with Crippen LogP contribution in [0.5, 0.6) is 5.75 Å². The second-order valence-electron chi connectivity index (χ2n) is 9.69. The lowest BCUT2D eigenvalue weighted by Crippen LogP contribution is -2.21. The third-order valence-corrected chi connectivity index (χ3v) is 7.10. The first-order chi connectivity index (χ1) is 18.2. The number of amides is 1. The Kier molecular flexibility index (Phi) is 8.54. The van der Waals surface area contributed by atoms with Crippen molar-refractivity contribution < 1.29 is 9.53 Å². The van der Waals surface area contributed by atoms with Gasteiger partial charge >= 0.3 is 0 Å². The van der Waals surface area contributed by atoms with Crippen LogP contribution in [0.2, 0.25) is 5.02 Å². The normalized spacial score (nSPS) is 11.9. The first-order valence-electron chi connectivity index (χ1n) is 12.1. The predicted octanol–water partition coefficient (Wildman–Crippen LogP) is 6.53. The van der Waals surface area contributed by atoms with Gasteiger partial charge in [-0.15, -0.1) is 10.2 Å². The monoisotopic (exact) mass is 547 g/mol. The van der Waals surface area contributed by atoms with Crippen LogP contribution in [0.25, 0.3) is 17.1 Å². The van der Waals surface area contributed by atoms with Crippen LogP contribution in [-0.2, 0) is 10.2 Å². The molecule has 0 spiro atoms.